The lowest BCUT2D eigenvalue weighted by molar-refractivity contribution is 0.319. The second-order valence-corrected chi connectivity index (χ2v) is 6.11. The molecule has 0 spiro atoms. The Morgan fingerprint density at radius 2 is 1.76 bits per heavy atom. The Balaban J connectivity index is 1.67. The first-order chi connectivity index (χ1) is 10.3. The van der Waals surface area contributed by atoms with Crippen LogP contribution in [-0.4, -0.2) is 19.4 Å². The largest absolute Gasteiger partial charge is 0.494 e. The van der Waals surface area contributed by atoms with E-state index in [1.807, 2.05) is 49.1 Å². The van der Waals surface area contributed by atoms with E-state index >= 15 is 0 Å². The molecule has 2 aromatic carbocycles. The van der Waals surface area contributed by atoms with Crippen molar-refractivity contribution in [2.24, 2.45) is 0 Å². The van der Waals surface area contributed by atoms with E-state index in [0.29, 0.717) is 6.04 Å². The molecule has 21 heavy (non-hydrogen) atoms. The first-order valence-corrected chi connectivity index (χ1v) is 8.36. The smallest absolute Gasteiger partial charge is 0.119 e. The number of thioether (sulfide) groups is 1. The summed E-state index contributed by atoms with van der Waals surface area (Å²) in [4.78, 5) is 1.32. The molecule has 2 rings (SSSR count). The summed E-state index contributed by atoms with van der Waals surface area (Å²) in [5, 5.41) is 3.25. The Labute approximate surface area is 131 Å². The van der Waals surface area contributed by atoms with Gasteiger partial charge in [0.1, 0.15) is 5.75 Å². The van der Waals surface area contributed by atoms with Gasteiger partial charge in [-0.05, 0) is 50.2 Å². The zero-order chi connectivity index (χ0) is 14.9. The van der Waals surface area contributed by atoms with E-state index in [1.165, 1.54) is 10.5 Å². The molecule has 0 radical (unpaired) electrons. The molecule has 1 unspecified atom stereocenters. The Bertz CT molecular complexity index is 513. The standard InChI is InChI=1S/C18H23NOS/c1-15(19-2)16-9-11-18(12-10-16)21-14-6-13-20-17-7-4-3-5-8-17/h3-5,7-12,15,19H,6,13-14H2,1-2H3. The van der Waals surface area contributed by atoms with E-state index in [4.69, 9.17) is 4.74 Å². The van der Waals surface area contributed by atoms with Gasteiger partial charge in [0.2, 0.25) is 0 Å². The van der Waals surface area contributed by atoms with Gasteiger partial charge in [-0.3, -0.25) is 0 Å². The highest BCUT2D eigenvalue weighted by Gasteiger charge is 2.02. The van der Waals surface area contributed by atoms with E-state index in [2.05, 4.69) is 36.5 Å². The van der Waals surface area contributed by atoms with Crippen LogP contribution in [0, 0.1) is 0 Å². The molecule has 1 N–H and O–H groups in total. The summed E-state index contributed by atoms with van der Waals surface area (Å²) >= 11 is 1.88. The zero-order valence-electron chi connectivity index (χ0n) is 12.7. The summed E-state index contributed by atoms with van der Waals surface area (Å²) in [5.74, 6) is 2.03. The molecule has 0 saturated carbocycles. The lowest BCUT2D eigenvalue weighted by Crippen LogP contribution is -2.11. The quantitative estimate of drug-likeness (QED) is 0.572. The minimum Gasteiger partial charge on any atom is -0.494 e. The van der Waals surface area contributed by atoms with Crippen molar-refractivity contribution in [3.05, 3.63) is 60.2 Å². The molecular weight excluding hydrogens is 278 g/mol. The molecule has 0 bridgehead atoms. The molecule has 0 aliphatic heterocycles. The molecule has 3 heteroatoms. The lowest BCUT2D eigenvalue weighted by atomic mass is 10.1. The van der Waals surface area contributed by atoms with Crippen molar-refractivity contribution in [1.29, 1.82) is 0 Å². The maximum atomic E-state index is 5.69. The first kappa shape index (κ1) is 15.9. The Kier molecular flexibility index (Phi) is 6.64. The number of hydrogen-bond acceptors (Lipinski definition) is 3. The molecule has 0 aliphatic carbocycles. The van der Waals surface area contributed by atoms with Crippen molar-refractivity contribution in [3.8, 4) is 5.75 Å². The highest BCUT2D eigenvalue weighted by molar-refractivity contribution is 7.99. The summed E-state index contributed by atoms with van der Waals surface area (Å²) < 4.78 is 5.69. The van der Waals surface area contributed by atoms with Gasteiger partial charge in [0.25, 0.3) is 0 Å². The van der Waals surface area contributed by atoms with Gasteiger partial charge in [0.05, 0.1) is 6.61 Å². The second kappa shape index (κ2) is 8.75. The van der Waals surface area contributed by atoms with E-state index in [-0.39, 0.29) is 0 Å². The van der Waals surface area contributed by atoms with E-state index in [1.54, 1.807) is 0 Å². The number of ether oxygens (including phenoxy) is 1. The van der Waals surface area contributed by atoms with Crippen molar-refractivity contribution < 1.29 is 4.74 Å². The summed E-state index contributed by atoms with van der Waals surface area (Å²) in [6, 6.07) is 19.2. The zero-order valence-corrected chi connectivity index (χ0v) is 13.5. The van der Waals surface area contributed by atoms with Gasteiger partial charge in [0.15, 0.2) is 0 Å². The van der Waals surface area contributed by atoms with Crippen LogP contribution in [-0.2, 0) is 0 Å². The van der Waals surface area contributed by atoms with Crippen LogP contribution in [0.25, 0.3) is 0 Å². The van der Waals surface area contributed by atoms with Gasteiger partial charge in [-0.2, -0.15) is 0 Å². The normalized spacial score (nSPS) is 12.1. The van der Waals surface area contributed by atoms with Crippen molar-refractivity contribution in [2.75, 3.05) is 19.4 Å². The fourth-order valence-corrected chi connectivity index (χ4v) is 2.80. The van der Waals surface area contributed by atoms with Crippen molar-refractivity contribution in [3.63, 3.8) is 0 Å². The molecule has 0 heterocycles. The number of benzene rings is 2. The van der Waals surface area contributed by atoms with E-state index in [9.17, 15) is 0 Å². The second-order valence-electron chi connectivity index (χ2n) is 4.94. The van der Waals surface area contributed by atoms with Gasteiger partial charge in [-0.25, -0.2) is 0 Å². The fraction of sp³-hybridized carbons (Fsp3) is 0.333. The predicted molar refractivity (Wildman–Crippen MR) is 91.2 cm³/mol. The van der Waals surface area contributed by atoms with Crippen LogP contribution in [0.15, 0.2) is 59.5 Å². The monoisotopic (exact) mass is 301 g/mol. The lowest BCUT2D eigenvalue weighted by Gasteiger charge is -2.11. The molecule has 2 nitrogen and oxygen atoms in total. The summed E-state index contributed by atoms with van der Waals surface area (Å²) in [7, 11) is 1.99. The van der Waals surface area contributed by atoms with E-state index in [0.717, 1.165) is 24.5 Å². The first-order valence-electron chi connectivity index (χ1n) is 7.37. The minimum absolute atomic E-state index is 0.406. The third-order valence-electron chi connectivity index (χ3n) is 3.38. The molecular formula is C18H23NOS. The third kappa shape index (κ3) is 5.44. The Morgan fingerprint density at radius 3 is 2.43 bits per heavy atom. The summed E-state index contributed by atoms with van der Waals surface area (Å²) in [6.45, 7) is 2.94. The average molecular weight is 301 g/mol. The summed E-state index contributed by atoms with van der Waals surface area (Å²) in [5.41, 5.74) is 1.33. The molecule has 0 aromatic heterocycles. The van der Waals surface area contributed by atoms with Gasteiger partial charge in [-0.1, -0.05) is 30.3 Å². The predicted octanol–water partition coefficient (Wildman–Crippen LogP) is 4.53. The van der Waals surface area contributed by atoms with Gasteiger partial charge in [-0.15, -0.1) is 11.8 Å². The van der Waals surface area contributed by atoms with Crippen LogP contribution in [0.2, 0.25) is 0 Å². The number of para-hydroxylation sites is 1. The van der Waals surface area contributed by atoms with Gasteiger partial charge in [0, 0.05) is 16.7 Å². The number of nitrogens with one attached hydrogen (secondary N) is 1. The van der Waals surface area contributed by atoms with Gasteiger partial charge >= 0.3 is 0 Å². The van der Waals surface area contributed by atoms with Crippen LogP contribution >= 0.6 is 11.8 Å². The van der Waals surface area contributed by atoms with Crippen LogP contribution in [0.3, 0.4) is 0 Å². The molecule has 1 atom stereocenters. The van der Waals surface area contributed by atoms with Crippen molar-refractivity contribution in [1.82, 2.24) is 5.32 Å². The highest BCUT2D eigenvalue weighted by atomic mass is 32.2. The number of hydrogen-bond donors (Lipinski definition) is 1. The minimum atomic E-state index is 0.406. The molecule has 0 aliphatic rings. The topological polar surface area (TPSA) is 21.3 Å². The molecule has 0 saturated heterocycles. The highest BCUT2D eigenvalue weighted by Crippen LogP contribution is 2.21. The SMILES string of the molecule is CNC(C)c1ccc(SCCCOc2ccccc2)cc1. The van der Waals surface area contributed by atoms with Crippen LogP contribution < -0.4 is 10.1 Å². The number of rotatable bonds is 8. The molecule has 0 fully saturated rings. The third-order valence-corrected chi connectivity index (χ3v) is 4.48. The van der Waals surface area contributed by atoms with Crippen LogP contribution in [0.4, 0.5) is 0 Å². The van der Waals surface area contributed by atoms with Crippen molar-refractivity contribution in [2.45, 2.75) is 24.3 Å². The molecule has 112 valence electrons. The average Bonchev–Trinajstić information content (AvgIpc) is 2.55. The fourth-order valence-electron chi connectivity index (χ4n) is 1.98. The van der Waals surface area contributed by atoms with Crippen LogP contribution in [0.1, 0.15) is 24.9 Å². The Hall–Kier alpha value is -1.45. The van der Waals surface area contributed by atoms with E-state index < -0.39 is 0 Å². The molecule has 2 aromatic rings. The molecule has 0 amide bonds. The van der Waals surface area contributed by atoms with Gasteiger partial charge < -0.3 is 10.1 Å². The summed E-state index contributed by atoms with van der Waals surface area (Å²) in [6.07, 6.45) is 1.05. The maximum absolute atomic E-state index is 5.69. The Morgan fingerprint density at radius 1 is 1.05 bits per heavy atom. The van der Waals surface area contributed by atoms with Crippen molar-refractivity contribution >= 4 is 11.8 Å². The van der Waals surface area contributed by atoms with Crippen LogP contribution in [0.5, 0.6) is 5.75 Å². The maximum Gasteiger partial charge on any atom is 0.119 e.